The van der Waals surface area contributed by atoms with Crippen LogP contribution in [0.5, 0.6) is 5.75 Å². The highest BCUT2D eigenvalue weighted by atomic mass is 32.1. The number of rotatable bonds is 6. The molecule has 2 N–H and O–H groups in total. The summed E-state index contributed by atoms with van der Waals surface area (Å²) in [7, 11) is 1.70. The summed E-state index contributed by atoms with van der Waals surface area (Å²) in [5.74, 6) is 0.936. The number of methoxy groups -OCH3 is 1. The second-order valence-corrected chi connectivity index (χ2v) is 6.84. The van der Waals surface area contributed by atoms with Crippen molar-refractivity contribution in [1.82, 2.24) is 10.6 Å². The molecule has 1 aromatic carbocycles. The summed E-state index contributed by atoms with van der Waals surface area (Å²) in [6.45, 7) is 4.46. The Morgan fingerprint density at radius 2 is 2.12 bits per heavy atom. The molecule has 0 spiro atoms. The van der Waals surface area contributed by atoms with Gasteiger partial charge in [0.2, 0.25) is 0 Å². The van der Waals surface area contributed by atoms with Crippen LogP contribution in [0.3, 0.4) is 0 Å². The average molecular weight is 345 g/mol. The molecule has 1 fully saturated rings. The lowest BCUT2D eigenvalue weighted by atomic mass is 10.1. The molecule has 128 valence electrons. The summed E-state index contributed by atoms with van der Waals surface area (Å²) in [5.41, 5.74) is 2.15. The van der Waals surface area contributed by atoms with Crippen LogP contribution >= 0.6 is 11.3 Å². The van der Waals surface area contributed by atoms with Gasteiger partial charge >= 0.3 is 6.03 Å². The van der Waals surface area contributed by atoms with Crippen molar-refractivity contribution in [3.05, 3.63) is 46.2 Å². The van der Waals surface area contributed by atoms with Gasteiger partial charge in [-0.15, -0.1) is 11.3 Å². The van der Waals surface area contributed by atoms with Crippen LogP contribution < -0.4 is 20.3 Å². The SMILES string of the molecule is COc1ccsc1CNC(C)c1ccc(N2CCCNC2=O)cc1. The summed E-state index contributed by atoms with van der Waals surface area (Å²) in [4.78, 5) is 14.9. The molecule has 0 saturated carbocycles. The summed E-state index contributed by atoms with van der Waals surface area (Å²) >= 11 is 1.69. The molecule has 0 bridgehead atoms. The van der Waals surface area contributed by atoms with Gasteiger partial charge in [0.15, 0.2) is 0 Å². The van der Waals surface area contributed by atoms with E-state index in [1.54, 1.807) is 23.3 Å². The maximum absolute atomic E-state index is 11.9. The zero-order valence-electron chi connectivity index (χ0n) is 14.0. The standard InChI is InChI=1S/C18H23N3O2S/c1-13(20-12-17-16(23-2)8-11-24-17)14-4-6-15(7-5-14)21-10-3-9-19-18(21)22/h4-8,11,13,20H,3,9-10,12H2,1-2H3,(H,19,22). The number of hydrogen-bond acceptors (Lipinski definition) is 4. The number of ether oxygens (including phenoxy) is 1. The number of carbonyl (C=O) groups is 1. The Hall–Kier alpha value is -2.05. The molecule has 0 aliphatic carbocycles. The van der Waals surface area contributed by atoms with Gasteiger partial charge in [-0.3, -0.25) is 4.90 Å². The summed E-state index contributed by atoms with van der Waals surface area (Å²) < 4.78 is 5.34. The second kappa shape index (κ2) is 7.68. The molecule has 1 aliphatic rings. The molecule has 2 heterocycles. The zero-order chi connectivity index (χ0) is 16.9. The van der Waals surface area contributed by atoms with E-state index in [0.29, 0.717) is 0 Å². The molecule has 2 amide bonds. The van der Waals surface area contributed by atoms with Crippen molar-refractivity contribution in [2.75, 3.05) is 25.1 Å². The quantitative estimate of drug-likeness (QED) is 0.842. The number of hydrogen-bond donors (Lipinski definition) is 2. The van der Waals surface area contributed by atoms with Crippen molar-refractivity contribution >= 4 is 23.1 Å². The van der Waals surface area contributed by atoms with Gasteiger partial charge in [0.25, 0.3) is 0 Å². The average Bonchev–Trinajstić information content (AvgIpc) is 3.08. The molecule has 3 rings (SSSR count). The lowest BCUT2D eigenvalue weighted by Gasteiger charge is -2.27. The van der Waals surface area contributed by atoms with Crippen LogP contribution in [-0.2, 0) is 6.54 Å². The Labute approximate surface area is 146 Å². The second-order valence-electron chi connectivity index (χ2n) is 5.84. The Morgan fingerprint density at radius 3 is 2.83 bits per heavy atom. The van der Waals surface area contributed by atoms with E-state index < -0.39 is 0 Å². The van der Waals surface area contributed by atoms with Crippen molar-refractivity contribution < 1.29 is 9.53 Å². The predicted octanol–water partition coefficient (Wildman–Crippen LogP) is 3.53. The molecular weight excluding hydrogens is 322 g/mol. The van der Waals surface area contributed by atoms with Gasteiger partial charge in [0.05, 0.1) is 12.0 Å². The molecule has 0 radical (unpaired) electrons. The number of benzene rings is 1. The van der Waals surface area contributed by atoms with Gasteiger partial charge in [0.1, 0.15) is 5.75 Å². The van der Waals surface area contributed by atoms with Crippen molar-refractivity contribution in [3.8, 4) is 5.75 Å². The minimum atomic E-state index is -0.00929. The van der Waals surface area contributed by atoms with Crippen LogP contribution in [0.4, 0.5) is 10.5 Å². The van der Waals surface area contributed by atoms with Gasteiger partial charge in [-0.2, -0.15) is 0 Å². The first-order valence-electron chi connectivity index (χ1n) is 8.18. The van der Waals surface area contributed by atoms with E-state index in [4.69, 9.17) is 4.74 Å². The highest BCUT2D eigenvalue weighted by molar-refractivity contribution is 7.10. The smallest absolute Gasteiger partial charge is 0.321 e. The molecule has 1 atom stereocenters. The minimum absolute atomic E-state index is 0.00929. The third-order valence-electron chi connectivity index (χ3n) is 4.28. The van der Waals surface area contributed by atoms with E-state index in [1.807, 2.05) is 23.6 Å². The fourth-order valence-electron chi connectivity index (χ4n) is 2.82. The van der Waals surface area contributed by atoms with Crippen LogP contribution in [0.25, 0.3) is 0 Å². The van der Waals surface area contributed by atoms with E-state index in [-0.39, 0.29) is 12.1 Å². The van der Waals surface area contributed by atoms with Crippen LogP contribution in [0, 0.1) is 0 Å². The Balaban J connectivity index is 1.61. The number of thiophene rings is 1. The maximum Gasteiger partial charge on any atom is 0.321 e. The Morgan fingerprint density at radius 1 is 1.33 bits per heavy atom. The number of amides is 2. The normalized spacial score (nSPS) is 15.9. The van der Waals surface area contributed by atoms with Crippen molar-refractivity contribution in [2.45, 2.75) is 25.9 Å². The van der Waals surface area contributed by atoms with Crippen LogP contribution in [0.1, 0.15) is 29.8 Å². The van der Waals surface area contributed by atoms with Crippen molar-refractivity contribution in [1.29, 1.82) is 0 Å². The lowest BCUT2D eigenvalue weighted by Crippen LogP contribution is -2.46. The van der Waals surface area contributed by atoms with E-state index >= 15 is 0 Å². The maximum atomic E-state index is 11.9. The van der Waals surface area contributed by atoms with Crippen LogP contribution in [0.2, 0.25) is 0 Å². The molecule has 1 unspecified atom stereocenters. The molecule has 6 heteroatoms. The fourth-order valence-corrected chi connectivity index (χ4v) is 3.61. The largest absolute Gasteiger partial charge is 0.496 e. The third kappa shape index (κ3) is 3.71. The minimum Gasteiger partial charge on any atom is -0.496 e. The highest BCUT2D eigenvalue weighted by Crippen LogP contribution is 2.26. The molecule has 2 aromatic rings. The number of urea groups is 1. The van der Waals surface area contributed by atoms with Crippen LogP contribution in [-0.4, -0.2) is 26.2 Å². The first kappa shape index (κ1) is 16.8. The van der Waals surface area contributed by atoms with Gasteiger partial charge in [-0.25, -0.2) is 4.79 Å². The van der Waals surface area contributed by atoms with Gasteiger partial charge in [-0.05, 0) is 42.5 Å². The van der Waals surface area contributed by atoms with Gasteiger partial charge in [-0.1, -0.05) is 12.1 Å². The number of anilines is 1. The fraction of sp³-hybridized carbons (Fsp3) is 0.389. The highest BCUT2D eigenvalue weighted by Gasteiger charge is 2.19. The summed E-state index contributed by atoms with van der Waals surface area (Å²) in [6, 6.07) is 10.4. The zero-order valence-corrected chi connectivity index (χ0v) is 14.9. The van der Waals surface area contributed by atoms with E-state index in [9.17, 15) is 4.79 Å². The molecule has 5 nitrogen and oxygen atoms in total. The van der Waals surface area contributed by atoms with E-state index in [0.717, 1.165) is 37.5 Å². The van der Waals surface area contributed by atoms with Gasteiger partial charge < -0.3 is 15.4 Å². The number of nitrogens with one attached hydrogen (secondary N) is 2. The van der Waals surface area contributed by atoms with E-state index in [2.05, 4.69) is 29.7 Å². The van der Waals surface area contributed by atoms with Crippen LogP contribution in [0.15, 0.2) is 35.7 Å². The summed E-state index contributed by atoms with van der Waals surface area (Å²) in [6.07, 6.45) is 0.980. The van der Waals surface area contributed by atoms with Crippen molar-refractivity contribution in [3.63, 3.8) is 0 Å². The third-order valence-corrected chi connectivity index (χ3v) is 5.18. The Kier molecular flexibility index (Phi) is 5.37. The molecule has 1 aromatic heterocycles. The van der Waals surface area contributed by atoms with Crippen molar-refractivity contribution in [2.24, 2.45) is 0 Å². The topological polar surface area (TPSA) is 53.6 Å². The van der Waals surface area contributed by atoms with E-state index in [1.165, 1.54) is 10.4 Å². The number of carbonyl (C=O) groups excluding carboxylic acids is 1. The monoisotopic (exact) mass is 345 g/mol. The first-order chi connectivity index (χ1) is 11.7. The molecule has 1 aliphatic heterocycles. The Bertz CT molecular complexity index is 684. The summed E-state index contributed by atoms with van der Waals surface area (Å²) in [5, 5.41) is 8.44. The molecule has 24 heavy (non-hydrogen) atoms. The van der Waals surface area contributed by atoms with Gasteiger partial charge in [0, 0.05) is 31.4 Å². The predicted molar refractivity (Wildman–Crippen MR) is 97.9 cm³/mol. The first-order valence-corrected chi connectivity index (χ1v) is 9.06. The molecular formula is C18H23N3O2S. The molecule has 1 saturated heterocycles. The lowest BCUT2D eigenvalue weighted by molar-refractivity contribution is 0.243. The number of nitrogens with zero attached hydrogens (tertiary/aromatic N) is 1.